The molecule has 1 aromatic carbocycles. The SMILES string of the molecule is Cc1ccc(NC(=O)NCC(C)(O)C(=O)O)cc1OC(F)F. The number of ether oxygens (including phenoxy) is 1. The number of alkyl halides is 2. The zero-order valence-electron chi connectivity index (χ0n) is 11.9. The van der Waals surface area contributed by atoms with Gasteiger partial charge >= 0.3 is 18.6 Å². The fourth-order valence-corrected chi connectivity index (χ4v) is 1.40. The Labute approximate surface area is 124 Å². The van der Waals surface area contributed by atoms with Crippen LogP contribution < -0.4 is 15.4 Å². The van der Waals surface area contributed by atoms with Crippen molar-refractivity contribution in [1.82, 2.24) is 5.32 Å². The van der Waals surface area contributed by atoms with Crippen molar-refractivity contribution in [2.75, 3.05) is 11.9 Å². The Kier molecular flexibility index (Phi) is 5.63. The van der Waals surface area contributed by atoms with Crippen molar-refractivity contribution >= 4 is 17.7 Å². The summed E-state index contributed by atoms with van der Waals surface area (Å²) in [7, 11) is 0. The third kappa shape index (κ3) is 5.17. The van der Waals surface area contributed by atoms with Crippen LogP contribution in [0.25, 0.3) is 0 Å². The number of halogens is 2. The maximum absolute atomic E-state index is 12.2. The molecule has 0 fully saturated rings. The highest BCUT2D eigenvalue weighted by molar-refractivity contribution is 5.90. The van der Waals surface area contributed by atoms with Gasteiger partial charge in [-0.3, -0.25) is 0 Å². The van der Waals surface area contributed by atoms with Gasteiger partial charge in [-0.25, -0.2) is 9.59 Å². The highest BCUT2D eigenvalue weighted by Gasteiger charge is 2.30. The molecule has 0 radical (unpaired) electrons. The number of carboxylic acids is 1. The summed E-state index contributed by atoms with van der Waals surface area (Å²) < 4.78 is 28.7. The lowest BCUT2D eigenvalue weighted by Crippen LogP contribution is -2.47. The van der Waals surface area contributed by atoms with E-state index in [1.807, 2.05) is 0 Å². The van der Waals surface area contributed by atoms with Crippen LogP contribution in [0.15, 0.2) is 18.2 Å². The first-order chi connectivity index (χ1) is 10.1. The van der Waals surface area contributed by atoms with Crippen molar-refractivity contribution in [1.29, 1.82) is 0 Å². The van der Waals surface area contributed by atoms with Crippen LogP contribution in [0.4, 0.5) is 19.3 Å². The number of rotatable bonds is 6. The molecule has 2 amide bonds. The van der Waals surface area contributed by atoms with Crippen LogP contribution in [0.2, 0.25) is 0 Å². The number of amides is 2. The number of urea groups is 1. The number of aliphatic carboxylic acids is 1. The van der Waals surface area contributed by atoms with Crippen molar-refractivity contribution < 1.29 is 33.3 Å². The molecule has 0 spiro atoms. The van der Waals surface area contributed by atoms with E-state index >= 15 is 0 Å². The van der Waals surface area contributed by atoms with Crippen molar-refractivity contribution in [3.63, 3.8) is 0 Å². The first-order valence-corrected chi connectivity index (χ1v) is 6.18. The molecule has 0 aliphatic heterocycles. The molecule has 22 heavy (non-hydrogen) atoms. The lowest BCUT2D eigenvalue weighted by atomic mass is 10.1. The van der Waals surface area contributed by atoms with Gasteiger partial charge in [0.05, 0.1) is 6.54 Å². The summed E-state index contributed by atoms with van der Waals surface area (Å²) in [5.74, 6) is -1.58. The van der Waals surface area contributed by atoms with E-state index in [-0.39, 0.29) is 11.4 Å². The molecule has 7 nitrogen and oxygen atoms in total. The van der Waals surface area contributed by atoms with Crippen molar-refractivity contribution in [3.8, 4) is 5.75 Å². The zero-order chi connectivity index (χ0) is 16.9. The number of hydrogen-bond donors (Lipinski definition) is 4. The Morgan fingerprint density at radius 3 is 2.59 bits per heavy atom. The smallest absolute Gasteiger partial charge is 0.387 e. The number of aryl methyl sites for hydroxylation is 1. The van der Waals surface area contributed by atoms with Gasteiger partial charge in [0.1, 0.15) is 5.75 Å². The molecule has 122 valence electrons. The molecular formula is C13H16F2N2O5. The second kappa shape index (κ2) is 7.03. The standard InChI is InChI=1S/C13H16F2N2O5/c1-7-3-4-8(5-9(7)22-11(14)15)17-12(20)16-6-13(2,21)10(18)19/h3-5,11,21H,6H2,1-2H3,(H,18,19)(H2,16,17,20). The van der Waals surface area contributed by atoms with E-state index in [4.69, 9.17) is 5.11 Å². The quantitative estimate of drug-likeness (QED) is 0.636. The van der Waals surface area contributed by atoms with E-state index in [1.54, 1.807) is 6.92 Å². The molecule has 4 N–H and O–H groups in total. The van der Waals surface area contributed by atoms with Gasteiger partial charge in [-0.15, -0.1) is 0 Å². The van der Waals surface area contributed by atoms with Crippen LogP contribution >= 0.6 is 0 Å². The highest BCUT2D eigenvalue weighted by atomic mass is 19.3. The molecule has 1 unspecified atom stereocenters. The van der Waals surface area contributed by atoms with Gasteiger partial charge in [0, 0.05) is 11.8 Å². The molecular weight excluding hydrogens is 302 g/mol. The van der Waals surface area contributed by atoms with E-state index in [9.17, 15) is 23.5 Å². The molecule has 0 saturated heterocycles. The largest absolute Gasteiger partial charge is 0.479 e. The summed E-state index contributed by atoms with van der Waals surface area (Å²) in [6.07, 6.45) is 0. The molecule has 9 heteroatoms. The number of nitrogens with one attached hydrogen (secondary N) is 2. The van der Waals surface area contributed by atoms with Gasteiger partial charge < -0.3 is 25.6 Å². The van der Waals surface area contributed by atoms with Crippen molar-refractivity contribution in [2.45, 2.75) is 26.1 Å². The molecule has 0 aliphatic rings. The lowest BCUT2D eigenvalue weighted by Gasteiger charge is -2.18. The molecule has 0 heterocycles. The third-order valence-electron chi connectivity index (χ3n) is 2.72. The summed E-state index contributed by atoms with van der Waals surface area (Å²) in [5, 5.41) is 22.6. The van der Waals surface area contributed by atoms with Crippen molar-refractivity contribution in [2.24, 2.45) is 0 Å². The van der Waals surface area contributed by atoms with Crippen LogP contribution in [-0.4, -0.2) is 41.0 Å². The lowest BCUT2D eigenvalue weighted by molar-refractivity contribution is -0.155. The Morgan fingerprint density at radius 1 is 1.41 bits per heavy atom. The van der Waals surface area contributed by atoms with Crippen LogP contribution in [0.5, 0.6) is 5.75 Å². The van der Waals surface area contributed by atoms with E-state index in [1.165, 1.54) is 18.2 Å². The number of carbonyl (C=O) groups excluding carboxylic acids is 1. The number of carbonyl (C=O) groups is 2. The fraction of sp³-hybridized carbons (Fsp3) is 0.385. The highest BCUT2D eigenvalue weighted by Crippen LogP contribution is 2.24. The number of anilines is 1. The maximum atomic E-state index is 12.2. The van der Waals surface area contributed by atoms with Gasteiger partial charge in [0.15, 0.2) is 5.60 Å². The maximum Gasteiger partial charge on any atom is 0.387 e. The molecule has 0 aliphatic carbocycles. The molecule has 1 rings (SSSR count). The number of benzene rings is 1. The number of aliphatic hydroxyl groups is 1. The van der Waals surface area contributed by atoms with Crippen LogP contribution in [-0.2, 0) is 4.79 Å². The first-order valence-electron chi connectivity index (χ1n) is 6.18. The van der Waals surface area contributed by atoms with Gasteiger partial charge in [-0.2, -0.15) is 8.78 Å². The Hall–Kier alpha value is -2.42. The topological polar surface area (TPSA) is 108 Å². The Bertz CT molecular complexity index is 563. The normalized spacial score (nSPS) is 13.4. The molecule has 0 bridgehead atoms. The van der Waals surface area contributed by atoms with Gasteiger partial charge in [-0.1, -0.05) is 6.07 Å². The average Bonchev–Trinajstić information content (AvgIpc) is 2.40. The van der Waals surface area contributed by atoms with E-state index < -0.39 is 30.8 Å². The minimum atomic E-state index is -2.99. The summed E-state index contributed by atoms with van der Waals surface area (Å²) >= 11 is 0. The van der Waals surface area contributed by atoms with Crippen molar-refractivity contribution in [3.05, 3.63) is 23.8 Å². The summed E-state index contributed by atoms with van der Waals surface area (Å²) in [5.41, 5.74) is -1.48. The molecule has 1 aromatic rings. The van der Waals surface area contributed by atoms with E-state index in [2.05, 4.69) is 15.4 Å². The second-order valence-corrected chi connectivity index (χ2v) is 4.75. The molecule has 0 saturated carbocycles. The predicted octanol–water partition coefficient (Wildman–Crippen LogP) is 1.55. The zero-order valence-corrected chi connectivity index (χ0v) is 11.9. The van der Waals surface area contributed by atoms with Gasteiger partial charge in [-0.05, 0) is 25.5 Å². The predicted molar refractivity (Wildman–Crippen MR) is 73.1 cm³/mol. The molecule has 0 aromatic heterocycles. The van der Waals surface area contributed by atoms with Crippen LogP contribution in [0, 0.1) is 6.92 Å². The minimum Gasteiger partial charge on any atom is -0.479 e. The molecule has 1 atom stereocenters. The average molecular weight is 318 g/mol. The fourth-order valence-electron chi connectivity index (χ4n) is 1.40. The van der Waals surface area contributed by atoms with Gasteiger partial charge in [0.2, 0.25) is 0 Å². The Morgan fingerprint density at radius 2 is 2.05 bits per heavy atom. The van der Waals surface area contributed by atoms with Crippen LogP contribution in [0.3, 0.4) is 0 Å². The Balaban J connectivity index is 2.67. The second-order valence-electron chi connectivity index (χ2n) is 4.75. The van der Waals surface area contributed by atoms with Crippen LogP contribution in [0.1, 0.15) is 12.5 Å². The first kappa shape index (κ1) is 17.6. The monoisotopic (exact) mass is 318 g/mol. The van der Waals surface area contributed by atoms with E-state index in [0.717, 1.165) is 6.92 Å². The summed E-state index contributed by atoms with van der Waals surface area (Å²) in [6, 6.07) is 3.34. The number of carboxylic acid groups (broad SMARTS) is 1. The summed E-state index contributed by atoms with van der Waals surface area (Å²) in [4.78, 5) is 22.3. The number of hydrogen-bond acceptors (Lipinski definition) is 4. The summed E-state index contributed by atoms with van der Waals surface area (Å²) in [6.45, 7) is -0.935. The van der Waals surface area contributed by atoms with E-state index in [0.29, 0.717) is 5.56 Å². The minimum absolute atomic E-state index is 0.0923. The van der Waals surface area contributed by atoms with Gasteiger partial charge in [0.25, 0.3) is 0 Å². The third-order valence-corrected chi connectivity index (χ3v) is 2.72.